The number of nitrogens with zero attached hydrogens (tertiary/aromatic N) is 2. The van der Waals surface area contributed by atoms with Gasteiger partial charge in [-0.2, -0.15) is 0 Å². The Balaban J connectivity index is 2.05. The van der Waals surface area contributed by atoms with Gasteiger partial charge in [-0.3, -0.25) is 13.9 Å². The minimum atomic E-state index is -4.24. The number of rotatable bonds is 11. The minimum Gasteiger partial charge on any atom is -0.354 e. The Bertz CT molecular complexity index is 1510. The summed E-state index contributed by atoms with van der Waals surface area (Å²) >= 11 is 24.6. The summed E-state index contributed by atoms with van der Waals surface area (Å²) in [6.45, 7) is 7.11. The monoisotopic (exact) mass is 657 g/mol. The second-order valence-electron chi connectivity index (χ2n) is 10.0. The molecule has 0 bridgehead atoms. The third-order valence-electron chi connectivity index (χ3n) is 6.27. The van der Waals surface area contributed by atoms with Gasteiger partial charge in [-0.1, -0.05) is 84.0 Å². The summed E-state index contributed by atoms with van der Waals surface area (Å²) in [5.41, 5.74) is 1.62. The number of sulfonamides is 1. The molecule has 0 spiro atoms. The molecule has 7 nitrogen and oxygen atoms in total. The van der Waals surface area contributed by atoms with E-state index in [-0.39, 0.29) is 44.0 Å². The van der Waals surface area contributed by atoms with Crippen molar-refractivity contribution in [3.05, 3.63) is 91.9 Å². The largest absolute Gasteiger partial charge is 0.354 e. The van der Waals surface area contributed by atoms with Crippen molar-refractivity contribution >= 4 is 73.9 Å². The van der Waals surface area contributed by atoms with Gasteiger partial charge in [-0.05, 0) is 67.8 Å². The summed E-state index contributed by atoms with van der Waals surface area (Å²) < 4.78 is 28.7. The van der Waals surface area contributed by atoms with E-state index in [4.69, 9.17) is 46.4 Å². The van der Waals surface area contributed by atoms with Crippen molar-refractivity contribution in [1.82, 2.24) is 10.2 Å². The molecule has 220 valence electrons. The zero-order valence-electron chi connectivity index (χ0n) is 23.0. The number of carbonyl (C=O) groups is 2. The first-order valence-electron chi connectivity index (χ1n) is 12.8. The molecule has 1 N–H and O–H groups in total. The van der Waals surface area contributed by atoms with Crippen LogP contribution in [0.2, 0.25) is 20.1 Å². The molecule has 0 radical (unpaired) electrons. The maximum atomic E-state index is 14.0. The summed E-state index contributed by atoms with van der Waals surface area (Å²) in [6.07, 6.45) is 0. The molecule has 0 aromatic heterocycles. The molecule has 1 unspecified atom stereocenters. The van der Waals surface area contributed by atoms with Crippen molar-refractivity contribution in [1.29, 1.82) is 0 Å². The Kier molecular flexibility index (Phi) is 11.4. The molecule has 41 heavy (non-hydrogen) atoms. The maximum absolute atomic E-state index is 14.0. The topological polar surface area (TPSA) is 86.8 Å². The van der Waals surface area contributed by atoms with Crippen LogP contribution in [0, 0.1) is 12.8 Å². The second-order valence-corrected chi connectivity index (χ2v) is 13.5. The van der Waals surface area contributed by atoms with Gasteiger partial charge in [0.05, 0.1) is 30.7 Å². The highest BCUT2D eigenvalue weighted by molar-refractivity contribution is 7.92. The molecule has 0 aliphatic rings. The Morgan fingerprint density at radius 2 is 1.41 bits per heavy atom. The fourth-order valence-electron chi connectivity index (χ4n) is 3.88. The number of anilines is 1. The van der Waals surface area contributed by atoms with E-state index in [1.807, 2.05) is 20.8 Å². The van der Waals surface area contributed by atoms with Gasteiger partial charge in [-0.15, -0.1) is 0 Å². The van der Waals surface area contributed by atoms with Crippen LogP contribution < -0.4 is 9.62 Å². The number of hydrogen-bond donors (Lipinski definition) is 1. The van der Waals surface area contributed by atoms with Crippen LogP contribution >= 0.6 is 46.4 Å². The minimum absolute atomic E-state index is 0.0132. The Morgan fingerprint density at radius 3 is 1.98 bits per heavy atom. The van der Waals surface area contributed by atoms with Crippen LogP contribution in [0.3, 0.4) is 0 Å². The third-order valence-corrected chi connectivity index (χ3v) is 9.53. The Labute approximate surface area is 261 Å². The quantitative estimate of drug-likeness (QED) is 0.241. The Morgan fingerprint density at radius 1 is 0.829 bits per heavy atom. The predicted molar refractivity (Wildman–Crippen MR) is 166 cm³/mol. The number of carbonyl (C=O) groups excluding carboxylic acids is 2. The van der Waals surface area contributed by atoms with Gasteiger partial charge in [0.2, 0.25) is 11.8 Å². The summed E-state index contributed by atoms with van der Waals surface area (Å²) in [7, 11) is -4.24. The fraction of sp³-hybridized carbons (Fsp3) is 0.310. The van der Waals surface area contributed by atoms with E-state index in [0.29, 0.717) is 17.1 Å². The summed E-state index contributed by atoms with van der Waals surface area (Å²) in [4.78, 5) is 28.3. The van der Waals surface area contributed by atoms with E-state index in [0.717, 1.165) is 9.87 Å². The number of hydrogen-bond acceptors (Lipinski definition) is 4. The van der Waals surface area contributed by atoms with E-state index in [2.05, 4.69) is 5.32 Å². The van der Waals surface area contributed by atoms with Crippen LogP contribution in [0.15, 0.2) is 65.6 Å². The molecule has 0 fully saturated rings. The maximum Gasteiger partial charge on any atom is 0.264 e. The zero-order valence-corrected chi connectivity index (χ0v) is 26.8. The zero-order chi connectivity index (χ0) is 30.5. The molecule has 3 aromatic carbocycles. The van der Waals surface area contributed by atoms with Gasteiger partial charge in [-0.25, -0.2) is 8.42 Å². The normalized spacial score (nSPS) is 12.2. The lowest BCUT2D eigenvalue weighted by molar-refractivity contribution is -0.139. The van der Waals surface area contributed by atoms with E-state index < -0.39 is 28.5 Å². The SMILES string of the molecule is Cc1ccc(S(=O)(=O)N(CC(=O)N(Cc2ccc(Cl)c(Cl)c2)C(C)C(=O)NCC(C)C)c2ccc(Cl)c(Cl)c2)cc1. The van der Waals surface area contributed by atoms with Crippen molar-refractivity contribution in [2.45, 2.75) is 45.2 Å². The molecule has 1 atom stereocenters. The molecule has 3 aromatic rings. The molecule has 2 amide bonds. The number of nitrogens with one attached hydrogen (secondary N) is 1. The first kappa shape index (κ1) is 33.0. The molecule has 0 aliphatic heterocycles. The molecule has 12 heteroatoms. The van der Waals surface area contributed by atoms with Crippen molar-refractivity contribution in [2.75, 3.05) is 17.4 Å². The van der Waals surface area contributed by atoms with Crippen molar-refractivity contribution in [3.63, 3.8) is 0 Å². The lowest BCUT2D eigenvalue weighted by atomic mass is 10.1. The lowest BCUT2D eigenvalue weighted by Crippen LogP contribution is -2.51. The van der Waals surface area contributed by atoms with Crippen molar-refractivity contribution < 1.29 is 18.0 Å². The summed E-state index contributed by atoms with van der Waals surface area (Å²) in [6, 6.07) is 14.5. The first-order valence-corrected chi connectivity index (χ1v) is 15.7. The van der Waals surface area contributed by atoms with E-state index >= 15 is 0 Å². The summed E-state index contributed by atoms with van der Waals surface area (Å²) in [5, 5.41) is 3.81. The van der Waals surface area contributed by atoms with Crippen LogP contribution in [-0.2, 0) is 26.2 Å². The molecule has 0 heterocycles. The first-order chi connectivity index (χ1) is 19.2. The Hall–Kier alpha value is -2.49. The van der Waals surface area contributed by atoms with Crippen molar-refractivity contribution in [2.24, 2.45) is 5.92 Å². The van der Waals surface area contributed by atoms with Gasteiger partial charge >= 0.3 is 0 Å². The number of aryl methyl sites for hydroxylation is 1. The van der Waals surface area contributed by atoms with Gasteiger partial charge in [0.15, 0.2) is 0 Å². The molecular weight excluding hydrogens is 628 g/mol. The average molecular weight is 659 g/mol. The number of halogens is 4. The number of benzene rings is 3. The van der Waals surface area contributed by atoms with E-state index in [1.54, 1.807) is 37.3 Å². The molecule has 3 rings (SSSR count). The lowest BCUT2D eigenvalue weighted by Gasteiger charge is -2.32. The van der Waals surface area contributed by atoms with Crippen LogP contribution in [0.5, 0.6) is 0 Å². The predicted octanol–water partition coefficient (Wildman–Crippen LogP) is 6.99. The second kappa shape index (κ2) is 14.1. The van der Waals surface area contributed by atoms with E-state index in [1.165, 1.54) is 35.2 Å². The van der Waals surface area contributed by atoms with Crippen molar-refractivity contribution in [3.8, 4) is 0 Å². The van der Waals surface area contributed by atoms with Crippen LogP contribution in [-0.4, -0.2) is 44.3 Å². The number of amides is 2. The molecular formula is C29H31Cl4N3O4S. The molecule has 0 saturated carbocycles. The van der Waals surface area contributed by atoms with E-state index in [9.17, 15) is 18.0 Å². The molecule has 0 aliphatic carbocycles. The summed E-state index contributed by atoms with van der Waals surface area (Å²) in [5.74, 6) is -0.810. The highest BCUT2D eigenvalue weighted by Gasteiger charge is 2.33. The smallest absolute Gasteiger partial charge is 0.264 e. The molecule has 0 saturated heterocycles. The van der Waals surface area contributed by atoms with Crippen LogP contribution in [0.4, 0.5) is 5.69 Å². The highest BCUT2D eigenvalue weighted by atomic mass is 35.5. The fourth-order valence-corrected chi connectivity index (χ4v) is 5.90. The van der Waals surface area contributed by atoms with Gasteiger partial charge in [0.1, 0.15) is 12.6 Å². The van der Waals surface area contributed by atoms with Crippen LogP contribution in [0.1, 0.15) is 31.9 Å². The van der Waals surface area contributed by atoms with Gasteiger partial charge in [0, 0.05) is 13.1 Å². The standard InChI is InChI=1S/C29H31Cl4N3O4S/c1-18(2)15-34-29(38)20(4)35(16-21-7-11-24(30)26(32)13-21)28(37)17-36(22-8-12-25(31)27(33)14-22)41(39,40)23-9-5-19(3)6-10-23/h5-14,18,20H,15-17H2,1-4H3,(H,34,38). The third kappa shape index (κ3) is 8.52. The van der Waals surface area contributed by atoms with Crippen LogP contribution in [0.25, 0.3) is 0 Å². The highest BCUT2D eigenvalue weighted by Crippen LogP contribution is 2.31. The van der Waals surface area contributed by atoms with Gasteiger partial charge < -0.3 is 10.2 Å². The van der Waals surface area contributed by atoms with Gasteiger partial charge in [0.25, 0.3) is 10.0 Å². The average Bonchev–Trinajstić information content (AvgIpc) is 2.92.